The number of amides is 4. The maximum Gasteiger partial charge on any atom is 0.325 e. The first-order chi connectivity index (χ1) is 11.3. The molecular formula is C18H27N3O3. The van der Waals surface area contributed by atoms with Gasteiger partial charge in [-0.05, 0) is 69.6 Å². The van der Waals surface area contributed by atoms with Crippen LogP contribution >= 0.6 is 0 Å². The van der Waals surface area contributed by atoms with Crippen molar-refractivity contribution in [3.63, 3.8) is 0 Å². The summed E-state index contributed by atoms with van der Waals surface area (Å²) in [6, 6.07) is -0.454. The molecule has 0 spiro atoms. The normalized spacial score (nSPS) is 43.2. The summed E-state index contributed by atoms with van der Waals surface area (Å²) in [5, 5.41) is 5.93. The van der Waals surface area contributed by atoms with Crippen molar-refractivity contribution in [3.8, 4) is 0 Å². The van der Waals surface area contributed by atoms with E-state index in [9.17, 15) is 14.4 Å². The maximum atomic E-state index is 12.6. The molecule has 4 saturated carbocycles. The lowest BCUT2D eigenvalue weighted by Gasteiger charge is -2.56. The predicted molar refractivity (Wildman–Crippen MR) is 88.0 cm³/mol. The van der Waals surface area contributed by atoms with Gasteiger partial charge >= 0.3 is 6.03 Å². The first-order valence-electron chi connectivity index (χ1n) is 9.27. The molecule has 1 heterocycles. The summed E-state index contributed by atoms with van der Waals surface area (Å²) >= 11 is 0. The standard InChI is InChI=1S/C18H27N3O3/c1-3-17(2)15(23)21(16(24)20-17)10-14(22)19-18-7-11-4-12(8-18)6-13(5-11)9-18/h11-13H,3-10H2,1-2H3,(H,19,22)(H,20,24). The third kappa shape index (κ3) is 2.42. The van der Waals surface area contributed by atoms with E-state index in [0.29, 0.717) is 6.42 Å². The number of nitrogens with one attached hydrogen (secondary N) is 2. The number of rotatable bonds is 4. The van der Waals surface area contributed by atoms with Gasteiger partial charge in [-0.1, -0.05) is 6.92 Å². The van der Waals surface area contributed by atoms with Gasteiger partial charge in [-0.2, -0.15) is 0 Å². The quantitative estimate of drug-likeness (QED) is 0.770. The minimum absolute atomic E-state index is 0.0842. The molecular weight excluding hydrogens is 306 g/mol. The van der Waals surface area contributed by atoms with Crippen LogP contribution in [0.5, 0.6) is 0 Å². The molecule has 132 valence electrons. The van der Waals surface area contributed by atoms with E-state index in [-0.39, 0.29) is 23.9 Å². The second kappa shape index (κ2) is 5.20. The molecule has 1 saturated heterocycles. The summed E-state index contributed by atoms with van der Waals surface area (Å²) in [7, 11) is 0. The molecule has 4 aliphatic carbocycles. The van der Waals surface area contributed by atoms with E-state index in [4.69, 9.17) is 0 Å². The number of imide groups is 1. The van der Waals surface area contributed by atoms with Gasteiger partial charge in [0.1, 0.15) is 12.1 Å². The van der Waals surface area contributed by atoms with Crippen molar-refractivity contribution in [1.29, 1.82) is 0 Å². The molecule has 1 aliphatic heterocycles. The fourth-order valence-corrected chi connectivity index (χ4v) is 5.87. The highest BCUT2D eigenvalue weighted by molar-refractivity contribution is 6.08. The van der Waals surface area contributed by atoms with Crippen molar-refractivity contribution < 1.29 is 14.4 Å². The zero-order valence-corrected chi connectivity index (χ0v) is 14.6. The predicted octanol–water partition coefficient (Wildman–Crippen LogP) is 1.79. The van der Waals surface area contributed by atoms with Gasteiger partial charge in [0.25, 0.3) is 5.91 Å². The topological polar surface area (TPSA) is 78.5 Å². The summed E-state index contributed by atoms with van der Waals surface area (Å²) in [5.74, 6) is 1.75. The van der Waals surface area contributed by atoms with Gasteiger partial charge in [0.2, 0.25) is 5.91 Å². The molecule has 6 nitrogen and oxygen atoms in total. The molecule has 0 aromatic rings. The lowest BCUT2D eigenvalue weighted by atomic mass is 9.53. The lowest BCUT2D eigenvalue weighted by molar-refractivity contribution is -0.136. The molecule has 0 aromatic carbocycles. The Morgan fingerprint density at radius 1 is 1.17 bits per heavy atom. The van der Waals surface area contributed by atoms with Crippen molar-refractivity contribution in [2.45, 2.75) is 69.9 Å². The van der Waals surface area contributed by atoms with Crippen LogP contribution in [0.4, 0.5) is 4.79 Å². The van der Waals surface area contributed by atoms with E-state index in [1.54, 1.807) is 6.92 Å². The minimum Gasteiger partial charge on any atom is -0.349 e. The Kier molecular flexibility index (Phi) is 3.45. The smallest absolute Gasteiger partial charge is 0.325 e. The van der Waals surface area contributed by atoms with Crippen molar-refractivity contribution in [2.75, 3.05) is 6.54 Å². The number of nitrogens with zero attached hydrogens (tertiary/aromatic N) is 1. The van der Waals surface area contributed by atoms with Gasteiger partial charge < -0.3 is 10.6 Å². The molecule has 5 aliphatic rings. The summed E-state index contributed by atoms with van der Waals surface area (Å²) in [6.07, 6.45) is 7.67. The van der Waals surface area contributed by atoms with E-state index in [1.807, 2.05) is 6.92 Å². The molecule has 4 bridgehead atoms. The van der Waals surface area contributed by atoms with Crippen molar-refractivity contribution in [3.05, 3.63) is 0 Å². The highest BCUT2D eigenvalue weighted by Gasteiger charge is 2.52. The first kappa shape index (κ1) is 15.9. The number of carbonyl (C=O) groups excluding carboxylic acids is 3. The summed E-state index contributed by atoms with van der Waals surface area (Å²) < 4.78 is 0. The average molecular weight is 333 g/mol. The number of hydrogen-bond donors (Lipinski definition) is 2. The fourth-order valence-electron chi connectivity index (χ4n) is 5.87. The molecule has 5 fully saturated rings. The maximum absolute atomic E-state index is 12.6. The summed E-state index contributed by atoms with van der Waals surface area (Å²) in [6.45, 7) is 3.41. The average Bonchev–Trinajstić information content (AvgIpc) is 2.69. The SMILES string of the molecule is CCC1(C)NC(=O)N(CC(=O)NC23CC4CC(CC(C4)C2)C3)C1=O. The zero-order valence-electron chi connectivity index (χ0n) is 14.6. The second-order valence-corrected chi connectivity index (χ2v) is 8.75. The monoisotopic (exact) mass is 333 g/mol. The van der Waals surface area contributed by atoms with Crippen molar-refractivity contribution >= 4 is 17.8 Å². The Hall–Kier alpha value is -1.59. The first-order valence-corrected chi connectivity index (χ1v) is 9.27. The van der Waals surface area contributed by atoms with Gasteiger partial charge in [0.05, 0.1) is 0 Å². The van der Waals surface area contributed by atoms with Crippen LogP contribution in [0, 0.1) is 17.8 Å². The van der Waals surface area contributed by atoms with Crippen LogP contribution in [-0.4, -0.2) is 40.4 Å². The molecule has 1 atom stereocenters. The molecule has 5 rings (SSSR count). The largest absolute Gasteiger partial charge is 0.349 e. The van der Waals surface area contributed by atoms with Crippen molar-refractivity contribution in [2.24, 2.45) is 17.8 Å². The molecule has 24 heavy (non-hydrogen) atoms. The Labute approximate surface area is 142 Å². The Morgan fingerprint density at radius 3 is 2.17 bits per heavy atom. The van der Waals surface area contributed by atoms with Gasteiger partial charge in [-0.3, -0.25) is 14.5 Å². The van der Waals surface area contributed by atoms with Crippen LogP contribution in [0.25, 0.3) is 0 Å². The Morgan fingerprint density at radius 2 is 1.71 bits per heavy atom. The van der Waals surface area contributed by atoms with Gasteiger partial charge in [0.15, 0.2) is 0 Å². The van der Waals surface area contributed by atoms with Crippen LogP contribution in [-0.2, 0) is 9.59 Å². The summed E-state index contributed by atoms with van der Waals surface area (Å²) in [5.41, 5.74) is -0.961. The van der Waals surface area contributed by atoms with Crippen LogP contribution < -0.4 is 10.6 Å². The Bertz CT molecular complexity index is 567. The lowest BCUT2D eigenvalue weighted by Crippen LogP contribution is -2.61. The molecule has 2 N–H and O–H groups in total. The van der Waals surface area contributed by atoms with Crippen LogP contribution in [0.15, 0.2) is 0 Å². The molecule has 4 amide bonds. The van der Waals surface area contributed by atoms with Gasteiger partial charge in [-0.15, -0.1) is 0 Å². The second-order valence-electron chi connectivity index (χ2n) is 8.75. The molecule has 6 heteroatoms. The minimum atomic E-state index is -0.877. The number of carbonyl (C=O) groups is 3. The van der Waals surface area contributed by atoms with E-state index in [2.05, 4.69) is 10.6 Å². The van der Waals surface area contributed by atoms with E-state index < -0.39 is 11.6 Å². The van der Waals surface area contributed by atoms with Crippen LogP contribution in [0.3, 0.4) is 0 Å². The molecule has 0 radical (unpaired) electrons. The van der Waals surface area contributed by atoms with Gasteiger partial charge in [0, 0.05) is 5.54 Å². The van der Waals surface area contributed by atoms with Crippen LogP contribution in [0.1, 0.15) is 58.8 Å². The van der Waals surface area contributed by atoms with Crippen LogP contribution in [0.2, 0.25) is 0 Å². The highest BCUT2D eigenvalue weighted by Crippen LogP contribution is 2.55. The van der Waals surface area contributed by atoms with Gasteiger partial charge in [-0.25, -0.2) is 4.79 Å². The fraction of sp³-hybridized carbons (Fsp3) is 0.833. The number of urea groups is 1. The highest BCUT2D eigenvalue weighted by atomic mass is 16.2. The summed E-state index contributed by atoms with van der Waals surface area (Å²) in [4.78, 5) is 38.2. The molecule has 1 unspecified atom stereocenters. The third-order valence-electron chi connectivity index (χ3n) is 6.80. The number of hydrogen-bond acceptors (Lipinski definition) is 3. The molecule has 0 aromatic heterocycles. The van der Waals surface area contributed by atoms with E-state index in [0.717, 1.165) is 41.9 Å². The zero-order chi connectivity index (χ0) is 17.1. The van der Waals surface area contributed by atoms with E-state index in [1.165, 1.54) is 19.3 Å². The van der Waals surface area contributed by atoms with E-state index >= 15 is 0 Å². The third-order valence-corrected chi connectivity index (χ3v) is 6.80. The Balaban J connectivity index is 1.42. The van der Waals surface area contributed by atoms with Crippen molar-refractivity contribution in [1.82, 2.24) is 15.5 Å².